The lowest BCUT2D eigenvalue weighted by Gasteiger charge is -2.18. The molecule has 2 aromatic carbocycles. The largest absolute Gasteiger partial charge is 0.583 e. The van der Waals surface area contributed by atoms with Crippen LogP contribution in [-0.2, 0) is 4.76 Å². The number of rotatable bonds is 1. The minimum absolute atomic E-state index is 0.631. The Balaban J connectivity index is 2.17. The molecule has 0 bridgehead atoms. The molecule has 1 aliphatic heterocycles. The quantitative estimate of drug-likeness (QED) is 0.568. The molecule has 88 valence electrons. The molecule has 0 atom stereocenters. The molecule has 3 rings (SSSR count). The van der Waals surface area contributed by atoms with Gasteiger partial charge in [0.25, 0.3) is 0 Å². The highest BCUT2D eigenvalue weighted by Crippen LogP contribution is 2.16. The Hall–Kier alpha value is -2.27. The Labute approximate surface area is 105 Å². The van der Waals surface area contributed by atoms with Crippen molar-refractivity contribution in [1.82, 2.24) is 0 Å². The Bertz CT molecular complexity index is 614. The first-order valence-electron chi connectivity index (χ1n) is 5.63. The van der Waals surface area contributed by atoms with Crippen LogP contribution in [0.3, 0.4) is 0 Å². The van der Waals surface area contributed by atoms with Crippen molar-refractivity contribution in [3.05, 3.63) is 59.7 Å². The van der Waals surface area contributed by atoms with E-state index in [1.807, 2.05) is 30.3 Å². The lowest BCUT2D eigenvalue weighted by Crippen LogP contribution is -2.40. The Morgan fingerprint density at radius 1 is 1.11 bits per heavy atom. The summed E-state index contributed by atoms with van der Waals surface area (Å²) in [6.45, 7) is 0. The zero-order valence-electron chi connectivity index (χ0n) is 9.58. The van der Waals surface area contributed by atoms with Crippen LogP contribution in [0.2, 0.25) is 0 Å². The maximum atomic E-state index is 9.75. The number of nitrogens with zero attached hydrogens (tertiary/aromatic N) is 1. The van der Waals surface area contributed by atoms with Gasteiger partial charge in [-0.3, -0.25) is 0 Å². The van der Waals surface area contributed by atoms with Gasteiger partial charge in [-0.05, 0) is 12.1 Å². The van der Waals surface area contributed by atoms with Gasteiger partial charge < -0.3 is 15.5 Å². The number of fused-ring (bicyclic) bond motifs is 1. The number of hydrogen-bond acceptors (Lipinski definition) is 4. The van der Waals surface area contributed by atoms with Gasteiger partial charge in [0.05, 0.1) is 0 Å². The van der Waals surface area contributed by atoms with Crippen LogP contribution in [0.4, 0.5) is 5.69 Å². The summed E-state index contributed by atoms with van der Waals surface area (Å²) in [7, 11) is -1.03. The summed E-state index contributed by atoms with van der Waals surface area (Å²) in [4.78, 5) is 0. The van der Waals surface area contributed by atoms with Crippen LogP contribution in [0.5, 0.6) is 0 Å². The highest BCUT2D eigenvalue weighted by molar-refractivity contribution is 6.63. The molecule has 4 nitrogen and oxygen atoms in total. The average Bonchev–Trinajstić information content (AvgIpc) is 2.40. The van der Waals surface area contributed by atoms with Gasteiger partial charge >= 0.3 is 7.12 Å². The number of nitrogen functional groups attached to an aromatic ring is 1. The fourth-order valence-electron chi connectivity index (χ4n) is 2.01. The third-order valence-electron chi connectivity index (χ3n) is 2.89. The molecule has 0 aliphatic carbocycles. The first-order chi connectivity index (χ1) is 8.75. The van der Waals surface area contributed by atoms with Crippen LogP contribution in [0.25, 0.3) is 0 Å². The SMILES string of the molecule is Nc1ccc2c(c1)C(c1ccccc1)=NOB2O. The van der Waals surface area contributed by atoms with Crippen LogP contribution < -0.4 is 11.2 Å². The van der Waals surface area contributed by atoms with Gasteiger partial charge in [-0.2, -0.15) is 0 Å². The average molecular weight is 238 g/mol. The molecule has 0 fully saturated rings. The molecule has 3 N–H and O–H groups in total. The molecule has 0 saturated carbocycles. The highest BCUT2D eigenvalue weighted by Gasteiger charge is 2.29. The normalized spacial score (nSPS) is 13.6. The minimum atomic E-state index is -1.03. The molecule has 5 heteroatoms. The van der Waals surface area contributed by atoms with E-state index >= 15 is 0 Å². The number of anilines is 1. The highest BCUT2D eigenvalue weighted by atomic mass is 16.6. The lowest BCUT2D eigenvalue weighted by molar-refractivity contribution is 0.284. The van der Waals surface area contributed by atoms with Crippen molar-refractivity contribution in [2.24, 2.45) is 5.16 Å². The topological polar surface area (TPSA) is 67.8 Å². The van der Waals surface area contributed by atoms with E-state index in [4.69, 9.17) is 10.5 Å². The summed E-state index contributed by atoms with van der Waals surface area (Å²) in [6.07, 6.45) is 0. The van der Waals surface area contributed by atoms with Crippen molar-refractivity contribution in [2.45, 2.75) is 0 Å². The van der Waals surface area contributed by atoms with Crippen molar-refractivity contribution >= 4 is 24.0 Å². The fraction of sp³-hybridized carbons (Fsp3) is 0. The molecule has 0 spiro atoms. The first-order valence-corrected chi connectivity index (χ1v) is 5.63. The van der Waals surface area contributed by atoms with Crippen LogP contribution in [0.1, 0.15) is 11.1 Å². The Morgan fingerprint density at radius 2 is 1.89 bits per heavy atom. The fourth-order valence-corrected chi connectivity index (χ4v) is 2.01. The number of oxime groups is 1. The Morgan fingerprint density at radius 3 is 2.67 bits per heavy atom. The Kier molecular flexibility index (Phi) is 2.53. The second kappa shape index (κ2) is 4.20. The van der Waals surface area contributed by atoms with Crippen molar-refractivity contribution in [2.75, 3.05) is 5.73 Å². The second-order valence-electron chi connectivity index (χ2n) is 4.11. The van der Waals surface area contributed by atoms with Gasteiger partial charge in [0.2, 0.25) is 0 Å². The van der Waals surface area contributed by atoms with E-state index in [2.05, 4.69) is 5.16 Å². The molecule has 1 heterocycles. The smallest absolute Gasteiger partial charge is 0.426 e. The van der Waals surface area contributed by atoms with Crippen LogP contribution >= 0.6 is 0 Å². The molecule has 1 aliphatic rings. The van der Waals surface area contributed by atoms with Gasteiger partial charge in [-0.25, -0.2) is 0 Å². The van der Waals surface area contributed by atoms with E-state index in [1.165, 1.54) is 0 Å². The number of hydrogen-bond donors (Lipinski definition) is 2. The predicted molar refractivity (Wildman–Crippen MR) is 71.6 cm³/mol. The summed E-state index contributed by atoms with van der Waals surface area (Å²) < 4.78 is 5.01. The van der Waals surface area contributed by atoms with Crippen LogP contribution in [0, 0.1) is 0 Å². The van der Waals surface area contributed by atoms with E-state index in [1.54, 1.807) is 18.2 Å². The van der Waals surface area contributed by atoms with Crippen molar-refractivity contribution in [1.29, 1.82) is 0 Å². The molecular formula is C13H11BN2O2. The van der Waals surface area contributed by atoms with E-state index < -0.39 is 7.12 Å². The molecule has 2 aromatic rings. The van der Waals surface area contributed by atoms with E-state index in [9.17, 15) is 5.02 Å². The lowest BCUT2D eigenvalue weighted by atomic mass is 9.74. The number of nitrogens with two attached hydrogens (primary N) is 1. The standard InChI is InChI=1S/C13H11BN2O2/c15-10-6-7-12-11(8-10)13(16-18-14(12)17)9-4-2-1-3-5-9/h1-8,17H,15H2. The summed E-state index contributed by atoms with van der Waals surface area (Å²) in [5, 5.41) is 13.7. The maximum Gasteiger partial charge on any atom is 0.583 e. The van der Waals surface area contributed by atoms with Gasteiger partial charge in [0.15, 0.2) is 0 Å². The monoisotopic (exact) mass is 238 g/mol. The van der Waals surface area contributed by atoms with E-state index in [-0.39, 0.29) is 0 Å². The van der Waals surface area contributed by atoms with Crippen molar-refractivity contribution in [3.63, 3.8) is 0 Å². The zero-order valence-corrected chi connectivity index (χ0v) is 9.58. The zero-order chi connectivity index (χ0) is 12.5. The molecule has 0 amide bonds. The predicted octanol–water partition coefficient (Wildman–Crippen LogP) is 0.739. The molecular weight excluding hydrogens is 227 g/mol. The summed E-state index contributed by atoms with van der Waals surface area (Å²) in [5.41, 5.74) is 9.52. The van der Waals surface area contributed by atoms with Crippen LogP contribution in [0.15, 0.2) is 53.7 Å². The van der Waals surface area contributed by atoms with Crippen LogP contribution in [-0.4, -0.2) is 17.9 Å². The summed E-state index contributed by atoms with van der Waals surface area (Å²) >= 11 is 0. The molecule has 0 saturated heterocycles. The maximum absolute atomic E-state index is 9.75. The minimum Gasteiger partial charge on any atom is -0.426 e. The van der Waals surface area contributed by atoms with Crippen molar-refractivity contribution in [3.8, 4) is 0 Å². The number of benzene rings is 2. The van der Waals surface area contributed by atoms with Gasteiger partial charge in [0.1, 0.15) is 5.71 Å². The summed E-state index contributed by atoms with van der Waals surface area (Å²) in [5.74, 6) is 0. The third-order valence-corrected chi connectivity index (χ3v) is 2.89. The first kappa shape index (κ1) is 10.9. The molecule has 0 radical (unpaired) electrons. The second-order valence-corrected chi connectivity index (χ2v) is 4.11. The van der Waals surface area contributed by atoms with Gasteiger partial charge in [-0.1, -0.05) is 36.4 Å². The van der Waals surface area contributed by atoms with Gasteiger partial charge in [0, 0.05) is 22.3 Å². The molecule has 18 heavy (non-hydrogen) atoms. The summed E-state index contributed by atoms with van der Waals surface area (Å²) in [6, 6.07) is 14.9. The van der Waals surface area contributed by atoms with E-state index in [0.717, 1.165) is 11.1 Å². The molecule has 0 aromatic heterocycles. The third kappa shape index (κ3) is 1.74. The molecule has 0 unspecified atom stereocenters. The van der Waals surface area contributed by atoms with Crippen molar-refractivity contribution < 1.29 is 9.78 Å². The van der Waals surface area contributed by atoms with E-state index in [0.29, 0.717) is 16.9 Å². The van der Waals surface area contributed by atoms with Gasteiger partial charge in [-0.15, -0.1) is 5.16 Å².